The van der Waals surface area contributed by atoms with E-state index in [0.717, 1.165) is 30.1 Å². The molecule has 22 heavy (non-hydrogen) atoms. The van der Waals surface area contributed by atoms with Crippen LogP contribution in [0.15, 0.2) is 36.5 Å². The van der Waals surface area contributed by atoms with Gasteiger partial charge in [-0.3, -0.25) is 9.69 Å². The normalized spacial score (nSPS) is 18.8. The van der Waals surface area contributed by atoms with Gasteiger partial charge in [0.15, 0.2) is 0 Å². The lowest BCUT2D eigenvalue weighted by atomic mass is 10.2. The maximum absolute atomic E-state index is 12.4. The average molecular weight is 315 g/mol. The second kappa shape index (κ2) is 6.58. The van der Waals surface area contributed by atoms with Crippen molar-refractivity contribution in [3.05, 3.63) is 41.4 Å². The van der Waals surface area contributed by atoms with Crippen molar-refractivity contribution in [2.24, 2.45) is 0 Å². The Morgan fingerprint density at radius 3 is 2.82 bits per heavy atom. The van der Waals surface area contributed by atoms with E-state index in [1.54, 1.807) is 6.20 Å². The summed E-state index contributed by atoms with van der Waals surface area (Å²) in [4.78, 5) is 19.8. The molecule has 1 saturated heterocycles. The topological polar surface area (TPSA) is 45.2 Å². The molecule has 1 fully saturated rings. The van der Waals surface area contributed by atoms with Crippen molar-refractivity contribution in [2.45, 2.75) is 32.4 Å². The second-order valence-corrected chi connectivity index (χ2v) is 6.97. The molecule has 116 valence electrons. The molecule has 1 aliphatic heterocycles. The Morgan fingerprint density at radius 2 is 2.14 bits per heavy atom. The largest absolute Gasteiger partial charge is 0.347 e. The number of hydrogen-bond donors (Lipinski definition) is 1. The predicted octanol–water partition coefficient (Wildman–Crippen LogP) is 3.02. The molecule has 1 aromatic carbocycles. The number of nitrogens with zero attached hydrogens (tertiary/aromatic N) is 2. The minimum Gasteiger partial charge on any atom is -0.347 e. The molecule has 3 rings (SSSR count). The highest BCUT2D eigenvalue weighted by atomic mass is 32.1. The average Bonchev–Trinajstić information content (AvgIpc) is 3.17. The van der Waals surface area contributed by atoms with Crippen LogP contribution in [0.2, 0.25) is 0 Å². The lowest BCUT2D eigenvalue weighted by molar-refractivity contribution is 0.0940. The second-order valence-electron chi connectivity index (χ2n) is 5.94. The zero-order valence-corrected chi connectivity index (χ0v) is 13.8. The third-order valence-corrected chi connectivity index (χ3v) is 5.08. The Morgan fingerprint density at radius 1 is 1.36 bits per heavy atom. The molecule has 4 nitrogen and oxygen atoms in total. The standard InChI is InChI=1S/C17H21N3OS/c1-12(2)20-9-8-14(11-20)19-16(21)15-10-18-17(22-15)13-6-4-3-5-7-13/h3-7,10,12,14H,8-9,11H2,1-2H3,(H,19,21)/t14-/m0/s1. The molecule has 1 amide bonds. The lowest BCUT2D eigenvalue weighted by Crippen LogP contribution is -2.38. The van der Waals surface area contributed by atoms with Crippen molar-refractivity contribution in [1.29, 1.82) is 0 Å². The van der Waals surface area contributed by atoms with Gasteiger partial charge >= 0.3 is 0 Å². The minimum absolute atomic E-state index is 0.00436. The molecule has 0 saturated carbocycles. The Labute approximate surface area is 135 Å². The SMILES string of the molecule is CC(C)N1CC[C@H](NC(=O)c2cnc(-c3ccccc3)s2)C1. The number of carbonyl (C=O) groups excluding carboxylic acids is 1. The molecule has 1 aliphatic rings. The van der Waals surface area contributed by atoms with Crippen molar-refractivity contribution in [3.8, 4) is 10.6 Å². The molecular weight excluding hydrogens is 294 g/mol. The molecule has 1 N–H and O–H groups in total. The zero-order valence-electron chi connectivity index (χ0n) is 13.0. The van der Waals surface area contributed by atoms with E-state index in [0.29, 0.717) is 10.9 Å². The van der Waals surface area contributed by atoms with Gasteiger partial charge in [0.2, 0.25) is 0 Å². The molecular formula is C17H21N3OS. The van der Waals surface area contributed by atoms with E-state index >= 15 is 0 Å². The van der Waals surface area contributed by atoms with E-state index in [-0.39, 0.29) is 11.9 Å². The Hall–Kier alpha value is -1.72. The van der Waals surface area contributed by atoms with Crippen LogP contribution in [0.5, 0.6) is 0 Å². The van der Waals surface area contributed by atoms with E-state index in [1.165, 1.54) is 11.3 Å². The first kappa shape index (κ1) is 15.2. The summed E-state index contributed by atoms with van der Waals surface area (Å²) in [6.45, 7) is 6.38. The van der Waals surface area contributed by atoms with Gasteiger partial charge in [-0.15, -0.1) is 11.3 Å². The van der Waals surface area contributed by atoms with Gasteiger partial charge in [0.1, 0.15) is 9.88 Å². The number of rotatable bonds is 4. The molecule has 0 aliphatic carbocycles. The van der Waals surface area contributed by atoms with Crippen LogP contribution >= 0.6 is 11.3 Å². The molecule has 1 aromatic heterocycles. The number of carbonyl (C=O) groups is 1. The van der Waals surface area contributed by atoms with E-state index < -0.39 is 0 Å². The fourth-order valence-electron chi connectivity index (χ4n) is 2.72. The van der Waals surface area contributed by atoms with Crippen molar-refractivity contribution in [1.82, 2.24) is 15.2 Å². The predicted molar refractivity (Wildman–Crippen MR) is 90.1 cm³/mol. The number of amides is 1. The number of likely N-dealkylation sites (tertiary alicyclic amines) is 1. The van der Waals surface area contributed by atoms with Crippen LogP contribution in [0.25, 0.3) is 10.6 Å². The number of hydrogen-bond acceptors (Lipinski definition) is 4. The van der Waals surface area contributed by atoms with Crippen LogP contribution in [0, 0.1) is 0 Å². The fraction of sp³-hybridized carbons (Fsp3) is 0.412. The molecule has 0 bridgehead atoms. The molecule has 5 heteroatoms. The third-order valence-electron chi connectivity index (χ3n) is 4.04. The Balaban J connectivity index is 1.63. The number of thiazole rings is 1. The molecule has 2 aromatic rings. The summed E-state index contributed by atoms with van der Waals surface area (Å²) in [5, 5.41) is 4.02. The van der Waals surface area contributed by atoms with Crippen molar-refractivity contribution >= 4 is 17.2 Å². The lowest BCUT2D eigenvalue weighted by Gasteiger charge is -2.20. The van der Waals surface area contributed by atoms with Crippen molar-refractivity contribution in [3.63, 3.8) is 0 Å². The monoisotopic (exact) mass is 315 g/mol. The van der Waals surface area contributed by atoms with Gasteiger partial charge in [0.05, 0.1) is 6.20 Å². The highest BCUT2D eigenvalue weighted by molar-refractivity contribution is 7.16. The third kappa shape index (κ3) is 3.36. The molecule has 0 spiro atoms. The highest BCUT2D eigenvalue weighted by Crippen LogP contribution is 2.25. The van der Waals surface area contributed by atoms with E-state index in [4.69, 9.17) is 0 Å². The smallest absolute Gasteiger partial charge is 0.263 e. The first-order chi connectivity index (χ1) is 10.6. The summed E-state index contributed by atoms with van der Waals surface area (Å²) in [6.07, 6.45) is 2.70. The van der Waals surface area contributed by atoms with Crippen LogP contribution in [-0.4, -0.2) is 41.0 Å². The summed E-state index contributed by atoms with van der Waals surface area (Å²) >= 11 is 1.45. The fourth-order valence-corrected chi connectivity index (χ4v) is 3.55. The van der Waals surface area contributed by atoms with Gasteiger partial charge in [0.25, 0.3) is 5.91 Å². The van der Waals surface area contributed by atoms with Crippen LogP contribution in [0.4, 0.5) is 0 Å². The zero-order chi connectivity index (χ0) is 15.5. The van der Waals surface area contributed by atoms with Gasteiger partial charge in [0, 0.05) is 30.7 Å². The quantitative estimate of drug-likeness (QED) is 0.943. The van der Waals surface area contributed by atoms with Gasteiger partial charge < -0.3 is 5.32 Å². The van der Waals surface area contributed by atoms with Gasteiger partial charge in [-0.25, -0.2) is 4.98 Å². The number of nitrogens with one attached hydrogen (secondary N) is 1. The van der Waals surface area contributed by atoms with Crippen molar-refractivity contribution < 1.29 is 4.79 Å². The first-order valence-electron chi connectivity index (χ1n) is 7.69. The first-order valence-corrected chi connectivity index (χ1v) is 8.51. The van der Waals surface area contributed by atoms with Crippen LogP contribution in [-0.2, 0) is 0 Å². The maximum atomic E-state index is 12.4. The summed E-state index contributed by atoms with van der Waals surface area (Å²) in [7, 11) is 0. The van der Waals surface area contributed by atoms with Gasteiger partial charge in [-0.1, -0.05) is 30.3 Å². The minimum atomic E-state index is -0.00436. The maximum Gasteiger partial charge on any atom is 0.263 e. The van der Waals surface area contributed by atoms with Gasteiger partial charge in [-0.2, -0.15) is 0 Å². The molecule has 2 heterocycles. The van der Waals surface area contributed by atoms with E-state index in [2.05, 4.69) is 29.0 Å². The summed E-state index contributed by atoms with van der Waals surface area (Å²) in [6, 6.07) is 10.7. The summed E-state index contributed by atoms with van der Waals surface area (Å²) in [5.74, 6) is -0.00436. The van der Waals surface area contributed by atoms with Gasteiger partial charge in [-0.05, 0) is 20.3 Å². The van der Waals surface area contributed by atoms with Crippen LogP contribution in [0.3, 0.4) is 0 Å². The highest BCUT2D eigenvalue weighted by Gasteiger charge is 2.26. The van der Waals surface area contributed by atoms with Crippen LogP contribution < -0.4 is 5.32 Å². The summed E-state index contributed by atoms with van der Waals surface area (Å²) < 4.78 is 0. The van der Waals surface area contributed by atoms with E-state index in [9.17, 15) is 4.79 Å². The summed E-state index contributed by atoms with van der Waals surface area (Å²) in [5.41, 5.74) is 1.05. The molecule has 0 unspecified atom stereocenters. The van der Waals surface area contributed by atoms with Crippen LogP contribution in [0.1, 0.15) is 29.9 Å². The Bertz CT molecular complexity index is 638. The number of aromatic nitrogens is 1. The molecule has 0 radical (unpaired) electrons. The molecule has 1 atom stereocenters. The van der Waals surface area contributed by atoms with Crippen molar-refractivity contribution in [2.75, 3.05) is 13.1 Å². The number of benzene rings is 1. The Kier molecular flexibility index (Phi) is 4.55. The van der Waals surface area contributed by atoms with E-state index in [1.807, 2.05) is 30.3 Å².